The SMILES string of the molecule is COCC(C)CC(=O)NC(C)C#N. The number of hydrogen-bond donors (Lipinski definition) is 1. The Morgan fingerprint density at radius 2 is 2.23 bits per heavy atom. The number of carbonyl (C=O) groups is 1. The van der Waals surface area contributed by atoms with Gasteiger partial charge in [0.15, 0.2) is 0 Å². The number of carbonyl (C=O) groups excluding carboxylic acids is 1. The van der Waals surface area contributed by atoms with E-state index in [-0.39, 0.29) is 11.8 Å². The van der Waals surface area contributed by atoms with E-state index in [1.807, 2.05) is 13.0 Å². The van der Waals surface area contributed by atoms with Gasteiger partial charge in [-0.25, -0.2) is 0 Å². The summed E-state index contributed by atoms with van der Waals surface area (Å²) in [5.41, 5.74) is 0. The van der Waals surface area contributed by atoms with Crippen LogP contribution in [0.25, 0.3) is 0 Å². The summed E-state index contributed by atoms with van der Waals surface area (Å²) in [5.74, 6) is 0.0921. The first kappa shape index (κ1) is 11.9. The van der Waals surface area contributed by atoms with Crippen molar-refractivity contribution >= 4 is 5.91 Å². The molecule has 0 heterocycles. The maximum absolute atomic E-state index is 11.2. The van der Waals surface area contributed by atoms with Crippen LogP contribution in [0.2, 0.25) is 0 Å². The van der Waals surface area contributed by atoms with Crippen LogP contribution in [-0.4, -0.2) is 25.7 Å². The molecule has 0 bridgehead atoms. The van der Waals surface area contributed by atoms with E-state index in [0.717, 1.165) is 0 Å². The number of rotatable bonds is 5. The van der Waals surface area contributed by atoms with Crippen molar-refractivity contribution in [1.82, 2.24) is 5.32 Å². The smallest absolute Gasteiger partial charge is 0.221 e. The van der Waals surface area contributed by atoms with Gasteiger partial charge >= 0.3 is 0 Å². The van der Waals surface area contributed by atoms with Crippen LogP contribution >= 0.6 is 0 Å². The van der Waals surface area contributed by atoms with E-state index >= 15 is 0 Å². The Balaban J connectivity index is 3.69. The zero-order valence-corrected chi connectivity index (χ0v) is 8.33. The van der Waals surface area contributed by atoms with Crippen molar-refractivity contribution in [1.29, 1.82) is 5.26 Å². The molecule has 0 aromatic carbocycles. The van der Waals surface area contributed by atoms with Crippen molar-refractivity contribution in [2.24, 2.45) is 5.92 Å². The molecule has 0 spiro atoms. The Bertz CT molecular complexity index is 198. The number of methoxy groups -OCH3 is 1. The van der Waals surface area contributed by atoms with Crippen molar-refractivity contribution in [3.63, 3.8) is 0 Å². The molecule has 0 rings (SSSR count). The zero-order valence-electron chi connectivity index (χ0n) is 8.33. The number of nitrogens with one attached hydrogen (secondary N) is 1. The fourth-order valence-corrected chi connectivity index (χ4v) is 0.993. The van der Waals surface area contributed by atoms with Crippen molar-refractivity contribution < 1.29 is 9.53 Å². The van der Waals surface area contributed by atoms with E-state index in [0.29, 0.717) is 13.0 Å². The molecule has 0 aliphatic rings. The summed E-state index contributed by atoms with van der Waals surface area (Å²) < 4.78 is 4.89. The van der Waals surface area contributed by atoms with Crippen molar-refractivity contribution in [2.75, 3.05) is 13.7 Å². The molecule has 0 fully saturated rings. The van der Waals surface area contributed by atoms with Crippen LogP contribution in [0.1, 0.15) is 20.3 Å². The van der Waals surface area contributed by atoms with Gasteiger partial charge in [-0.15, -0.1) is 0 Å². The van der Waals surface area contributed by atoms with Gasteiger partial charge in [-0.3, -0.25) is 4.79 Å². The van der Waals surface area contributed by atoms with E-state index in [9.17, 15) is 4.79 Å². The quantitative estimate of drug-likeness (QED) is 0.683. The normalized spacial score (nSPS) is 14.3. The number of ether oxygens (including phenoxy) is 1. The van der Waals surface area contributed by atoms with Gasteiger partial charge in [-0.1, -0.05) is 6.92 Å². The molecule has 0 radical (unpaired) electrons. The first-order valence-electron chi connectivity index (χ1n) is 4.28. The van der Waals surface area contributed by atoms with Crippen molar-refractivity contribution in [3.8, 4) is 6.07 Å². The molecule has 0 aliphatic carbocycles. The molecule has 1 amide bonds. The molecule has 13 heavy (non-hydrogen) atoms. The number of hydrogen-bond acceptors (Lipinski definition) is 3. The summed E-state index contributed by atoms with van der Waals surface area (Å²) in [7, 11) is 1.60. The largest absolute Gasteiger partial charge is 0.384 e. The van der Waals surface area contributed by atoms with Gasteiger partial charge in [0.1, 0.15) is 6.04 Å². The minimum absolute atomic E-state index is 0.0985. The minimum Gasteiger partial charge on any atom is -0.384 e. The van der Waals surface area contributed by atoms with E-state index in [4.69, 9.17) is 10.00 Å². The molecule has 2 atom stereocenters. The van der Waals surface area contributed by atoms with Crippen molar-refractivity contribution in [3.05, 3.63) is 0 Å². The van der Waals surface area contributed by atoms with Gasteiger partial charge < -0.3 is 10.1 Å². The van der Waals surface area contributed by atoms with Gasteiger partial charge in [0.05, 0.1) is 6.07 Å². The fraction of sp³-hybridized carbons (Fsp3) is 0.778. The Morgan fingerprint density at radius 1 is 1.62 bits per heavy atom. The summed E-state index contributed by atoms with van der Waals surface area (Å²) in [6.45, 7) is 4.15. The van der Waals surface area contributed by atoms with Gasteiger partial charge in [0.2, 0.25) is 5.91 Å². The third kappa shape index (κ3) is 6.12. The number of nitriles is 1. The molecule has 2 unspecified atom stereocenters. The van der Waals surface area contributed by atoms with Gasteiger partial charge in [-0.05, 0) is 12.8 Å². The summed E-state index contributed by atoms with van der Waals surface area (Å²) in [4.78, 5) is 11.2. The van der Waals surface area contributed by atoms with Crippen molar-refractivity contribution in [2.45, 2.75) is 26.3 Å². The van der Waals surface area contributed by atoms with Crippen LogP contribution in [0.5, 0.6) is 0 Å². The summed E-state index contributed by atoms with van der Waals surface area (Å²) >= 11 is 0. The lowest BCUT2D eigenvalue weighted by Gasteiger charge is -2.10. The molecule has 1 N–H and O–H groups in total. The maximum atomic E-state index is 11.2. The second kappa shape index (κ2) is 6.44. The second-order valence-corrected chi connectivity index (χ2v) is 3.18. The van der Waals surface area contributed by atoms with E-state index in [2.05, 4.69) is 5.32 Å². The van der Waals surface area contributed by atoms with Crippen LogP contribution in [0.4, 0.5) is 0 Å². The maximum Gasteiger partial charge on any atom is 0.221 e. The topological polar surface area (TPSA) is 62.1 Å². The predicted molar refractivity (Wildman–Crippen MR) is 48.9 cm³/mol. The van der Waals surface area contributed by atoms with Crippen LogP contribution in [0.15, 0.2) is 0 Å². The first-order valence-corrected chi connectivity index (χ1v) is 4.28. The lowest BCUT2D eigenvalue weighted by molar-refractivity contribution is -0.122. The fourth-order valence-electron chi connectivity index (χ4n) is 0.993. The van der Waals surface area contributed by atoms with Gasteiger partial charge in [0, 0.05) is 20.1 Å². The lowest BCUT2D eigenvalue weighted by atomic mass is 10.1. The third-order valence-electron chi connectivity index (χ3n) is 1.56. The number of amides is 1. The Morgan fingerprint density at radius 3 is 2.69 bits per heavy atom. The summed E-state index contributed by atoms with van der Waals surface area (Å²) in [6, 6.07) is 1.52. The second-order valence-electron chi connectivity index (χ2n) is 3.18. The first-order chi connectivity index (χ1) is 6.10. The molecular formula is C9H16N2O2. The monoisotopic (exact) mass is 184 g/mol. The van der Waals surface area contributed by atoms with Gasteiger partial charge in [0.25, 0.3) is 0 Å². The molecular weight excluding hydrogens is 168 g/mol. The summed E-state index contributed by atoms with van der Waals surface area (Å²) in [5, 5.41) is 11.0. The molecule has 0 saturated carbocycles. The lowest BCUT2D eigenvalue weighted by Crippen LogP contribution is -2.32. The van der Waals surface area contributed by atoms with E-state index < -0.39 is 6.04 Å². The van der Waals surface area contributed by atoms with Crippen LogP contribution in [-0.2, 0) is 9.53 Å². The van der Waals surface area contributed by atoms with E-state index in [1.54, 1.807) is 14.0 Å². The zero-order chi connectivity index (χ0) is 10.3. The average molecular weight is 184 g/mol. The highest BCUT2D eigenvalue weighted by molar-refractivity contribution is 5.76. The molecule has 4 nitrogen and oxygen atoms in total. The molecule has 4 heteroatoms. The van der Waals surface area contributed by atoms with Crippen LogP contribution in [0, 0.1) is 17.2 Å². The highest BCUT2D eigenvalue weighted by Crippen LogP contribution is 2.01. The Labute approximate surface area is 78.9 Å². The highest BCUT2D eigenvalue weighted by Gasteiger charge is 2.10. The molecule has 0 aliphatic heterocycles. The Kier molecular flexibility index (Phi) is 5.90. The van der Waals surface area contributed by atoms with Crippen LogP contribution in [0.3, 0.4) is 0 Å². The molecule has 0 saturated heterocycles. The average Bonchev–Trinajstić information content (AvgIpc) is 2.04. The highest BCUT2D eigenvalue weighted by atomic mass is 16.5. The molecule has 0 aromatic rings. The van der Waals surface area contributed by atoms with Crippen LogP contribution < -0.4 is 5.32 Å². The minimum atomic E-state index is -0.415. The molecule has 74 valence electrons. The van der Waals surface area contributed by atoms with Gasteiger partial charge in [-0.2, -0.15) is 5.26 Å². The standard InChI is InChI=1S/C9H16N2O2/c1-7(6-13-3)4-9(12)11-8(2)5-10/h7-8H,4,6H2,1-3H3,(H,11,12). The number of nitrogens with zero attached hydrogens (tertiary/aromatic N) is 1. The predicted octanol–water partition coefficient (Wildman–Crippen LogP) is 0.687. The molecule has 0 aromatic heterocycles. The van der Waals surface area contributed by atoms with E-state index in [1.165, 1.54) is 0 Å². The Hall–Kier alpha value is -1.08. The third-order valence-corrected chi connectivity index (χ3v) is 1.56. The summed E-state index contributed by atoms with van der Waals surface area (Å²) in [6.07, 6.45) is 0.403.